The minimum atomic E-state index is -0.821. The third-order valence-electron chi connectivity index (χ3n) is 4.52. The highest BCUT2D eigenvalue weighted by atomic mass is 32.1. The second-order valence-electron chi connectivity index (χ2n) is 6.29. The molecule has 148 valence electrons. The van der Waals surface area contributed by atoms with Crippen LogP contribution in [0.2, 0.25) is 0 Å². The Labute approximate surface area is 174 Å². The number of para-hydroxylation sites is 2. The van der Waals surface area contributed by atoms with E-state index in [-0.39, 0.29) is 26.9 Å². The smallest absolute Gasteiger partial charge is 0.351 e. The summed E-state index contributed by atoms with van der Waals surface area (Å²) in [5.74, 6) is -1.23. The lowest BCUT2D eigenvalue weighted by molar-refractivity contribution is -0.136. The molecule has 3 aromatic rings. The van der Waals surface area contributed by atoms with Crippen molar-refractivity contribution < 1.29 is 14.3 Å². The summed E-state index contributed by atoms with van der Waals surface area (Å²) in [5, 5.41) is 12.4. The van der Waals surface area contributed by atoms with Gasteiger partial charge in [0.05, 0.1) is 17.9 Å². The summed E-state index contributed by atoms with van der Waals surface area (Å²) in [6, 6.07) is 17.6. The molecule has 7 nitrogen and oxygen atoms in total. The predicted molar refractivity (Wildman–Crippen MR) is 112 cm³/mol. The fourth-order valence-corrected chi connectivity index (χ4v) is 4.43. The first-order valence-electron chi connectivity index (χ1n) is 9.10. The van der Waals surface area contributed by atoms with Crippen LogP contribution in [0.25, 0.3) is 16.8 Å². The molecule has 30 heavy (non-hydrogen) atoms. The van der Waals surface area contributed by atoms with Crippen molar-refractivity contribution in [3.63, 3.8) is 0 Å². The Morgan fingerprint density at radius 3 is 2.53 bits per heavy atom. The van der Waals surface area contributed by atoms with Crippen LogP contribution < -0.4 is 20.1 Å². The normalized spacial score (nSPS) is 15.1. The van der Waals surface area contributed by atoms with Crippen LogP contribution in [-0.2, 0) is 14.3 Å². The van der Waals surface area contributed by atoms with E-state index in [4.69, 9.17) is 4.74 Å². The number of carbonyl (C=O) groups is 2. The first-order valence-corrected chi connectivity index (χ1v) is 9.92. The first kappa shape index (κ1) is 19.4. The van der Waals surface area contributed by atoms with E-state index in [2.05, 4.69) is 5.32 Å². The molecule has 0 saturated carbocycles. The predicted octanol–water partition coefficient (Wildman–Crippen LogP) is 1.29. The van der Waals surface area contributed by atoms with Crippen LogP contribution in [0.4, 0.5) is 5.69 Å². The number of amides is 1. The van der Waals surface area contributed by atoms with Crippen LogP contribution in [0.5, 0.6) is 0 Å². The molecule has 0 aliphatic carbocycles. The van der Waals surface area contributed by atoms with Gasteiger partial charge in [-0.2, -0.15) is 5.26 Å². The number of esters is 1. The third kappa shape index (κ3) is 3.11. The van der Waals surface area contributed by atoms with Gasteiger partial charge in [0.1, 0.15) is 15.3 Å². The second kappa shape index (κ2) is 7.81. The first-order chi connectivity index (χ1) is 14.6. The number of thiazole rings is 1. The molecule has 0 saturated heterocycles. The van der Waals surface area contributed by atoms with Crippen molar-refractivity contribution in [2.75, 3.05) is 11.9 Å². The molecule has 2 heterocycles. The Hall–Kier alpha value is -3.96. The van der Waals surface area contributed by atoms with Crippen molar-refractivity contribution in [3.8, 4) is 11.8 Å². The largest absolute Gasteiger partial charge is 0.462 e. The lowest BCUT2D eigenvalue weighted by Crippen LogP contribution is -2.33. The van der Waals surface area contributed by atoms with Crippen LogP contribution >= 0.6 is 11.3 Å². The average Bonchev–Trinajstić information content (AvgIpc) is 3.25. The molecule has 0 bridgehead atoms. The number of nitrogens with zero attached hydrogens (tertiary/aromatic N) is 2. The van der Waals surface area contributed by atoms with E-state index in [1.54, 1.807) is 61.5 Å². The van der Waals surface area contributed by atoms with Gasteiger partial charge in [-0.15, -0.1) is 11.3 Å². The van der Waals surface area contributed by atoms with Crippen molar-refractivity contribution in [1.82, 2.24) is 4.57 Å². The maximum absolute atomic E-state index is 13.4. The maximum atomic E-state index is 13.4. The Morgan fingerprint density at radius 2 is 1.83 bits per heavy atom. The molecule has 0 atom stereocenters. The Balaban J connectivity index is 2.18. The van der Waals surface area contributed by atoms with Crippen LogP contribution in [0.15, 0.2) is 59.4 Å². The maximum Gasteiger partial charge on any atom is 0.351 e. The lowest BCUT2D eigenvalue weighted by Gasteiger charge is -2.03. The van der Waals surface area contributed by atoms with E-state index in [0.717, 1.165) is 11.3 Å². The zero-order valence-electron chi connectivity index (χ0n) is 15.8. The molecule has 1 aliphatic heterocycles. The molecule has 4 rings (SSSR count). The van der Waals surface area contributed by atoms with Crippen LogP contribution in [0.1, 0.15) is 12.5 Å². The fraction of sp³-hybridized carbons (Fsp3) is 0.0909. The molecular weight excluding hydrogens is 402 g/mol. The van der Waals surface area contributed by atoms with E-state index in [1.165, 1.54) is 4.57 Å². The number of hydrogen-bond donors (Lipinski definition) is 1. The number of rotatable bonds is 3. The Kier molecular flexibility index (Phi) is 5.04. The summed E-state index contributed by atoms with van der Waals surface area (Å²) in [4.78, 5) is 38.5. The standard InChI is InChI=1S/C22H15N3O4S/c1-2-29-22(28)15(12-23)21-25(13-8-4-3-5-9-13)20(27)18(30-21)17-14-10-6-7-11-16(14)24-19(17)26/h3-11H,2H2,1H3,(H,24,26)/b18-17-,21-15-. The van der Waals surface area contributed by atoms with E-state index < -0.39 is 17.4 Å². The van der Waals surface area contributed by atoms with Gasteiger partial charge in [0.15, 0.2) is 5.57 Å². The van der Waals surface area contributed by atoms with Crippen molar-refractivity contribution in [2.24, 2.45) is 0 Å². The Morgan fingerprint density at radius 1 is 1.13 bits per heavy atom. The number of aromatic nitrogens is 1. The highest BCUT2D eigenvalue weighted by Crippen LogP contribution is 2.29. The molecule has 2 aromatic carbocycles. The summed E-state index contributed by atoms with van der Waals surface area (Å²) >= 11 is 0.925. The minimum absolute atomic E-state index is 0.0883. The van der Waals surface area contributed by atoms with Gasteiger partial charge in [-0.1, -0.05) is 36.4 Å². The number of benzene rings is 2. The number of hydrogen-bond acceptors (Lipinski definition) is 6. The van der Waals surface area contributed by atoms with Gasteiger partial charge < -0.3 is 10.1 Å². The number of fused-ring (bicyclic) bond motifs is 1. The van der Waals surface area contributed by atoms with Gasteiger partial charge in [0.25, 0.3) is 11.5 Å². The van der Waals surface area contributed by atoms with E-state index in [9.17, 15) is 19.6 Å². The topological polar surface area (TPSA) is 101 Å². The number of nitrogens with one attached hydrogen (secondary N) is 1. The molecule has 1 amide bonds. The molecule has 0 spiro atoms. The van der Waals surface area contributed by atoms with E-state index in [0.29, 0.717) is 16.9 Å². The lowest BCUT2D eigenvalue weighted by atomic mass is 10.1. The van der Waals surface area contributed by atoms with Crippen LogP contribution in [-0.4, -0.2) is 23.1 Å². The van der Waals surface area contributed by atoms with Gasteiger partial charge in [-0.25, -0.2) is 4.79 Å². The number of anilines is 1. The second-order valence-corrected chi connectivity index (χ2v) is 7.29. The summed E-state index contributed by atoms with van der Waals surface area (Å²) in [6.45, 7) is 1.72. The van der Waals surface area contributed by atoms with Crippen molar-refractivity contribution in [2.45, 2.75) is 6.92 Å². The number of ether oxygens (including phenoxy) is 1. The zero-order chi connectivity index (χ0) is 21.3. The highest BCUT2D eigenvalue weighted by molar-refractivity contribution is 7.08. The van der Waals surface area contributed by atoms with Gasteiger partial charge >= 0.3 is 5.97 Å². The van der Waals surface area contributed by atoms with Crippen molar-refractivity contribution >= 4 is 40.0 Å². The molecule has 1 aliphatic rings. The van der Waals surface area contributed by atoms with Crippen LogP contribution in [0.3, 0.4) is 0 Å². The molecule has 1 N–H and O–H groups in total. The van der Waals surface area contributed by atoms with Crippen LogP contribution in [0, 0.1) is 11.3 Å². The van der Waals surface area contributed by atoms with Gasteiger partial charge in [0, 0.05) is 11.3 Å². The SMILES string of the molecule is CCOC(=O)/C(C#N)=c1\s/c(=C2\C(=O)Nc3ccccc32)c(=O)n1-c1ccccc1. The number of carbonyl (C=O) groups excluding carboxylic acids is 2. The van der Waals surface area contributed by atoms with Crippen molar-refractivity contribution in [3.05, 3.63) is 79.7 Å². The monoisotopic (exact) mass is 417 g/mol. The van der Waals surface area contributed by atoms with Gasteiger partial charge in [-0.05, 0) is 25.1 Å². The summed E-state index contributed by atoms with van der Waals surface area (Å²) in [6.07, 6.45) is 0. The molecular formula is C22H15N3O4S. The van der Waals surface area contributed by atoms with E-state index in [1.807, 2.05) is 6.07 Å². The van der Waals surface area contributed by atoms with Crippen molar-refractivity contribution in [1.29, 1.82) is 5.26 Å². The molecule has 8 heteroatoms. The molecule has 0 fully saturated rings. The quantitative estimate of drug-likeness (QED) is 0.647. The molecule has 0 unspecified atom stereocenters. The van der Waals surface area contributed by atoms with Gasteiger partial charge in [0.2, 0.25) is 0 Å². The minimum Gasteiger partial charge on any atom is -0.462 e. The summed E-state index contributed by atoms with van der Waals surface area (Å²) < 4.78 is 6.54. The third-order valence-corrected chi connectivity index (χ3v) is 5.68. The summed E-state index contributed by atoms with van der Waals surface area (Å²) in [7, 11) is 0. The zero-order valence-corrected chi connectivity index (χ0v) is 16.7. The fourth-order valence-electron chi connectivity index (χ4n) is 3.24. The van der Waals surface area contributed by atoms with E-state index >= 15 is 0 Å². The molecule has 0 radical (unpaired) electrons. The Bertz CT molecular complexity index is 1390. The summed E-state index contributed by atoms with van der Waals surface area (Å²) in [5.41, 5.74) is 1.12. The van der Waals surface area contributed by atoms with Gasteiger partial charge in [-0.3, -0.25) is 14.2 Å². The average molecular weight is 417 g/mol. The molecule has 1 aromatic heterocycles. The highest BCUT2D eigenvalue weighted by Gasteiger charge is 2.27. The number of nitriles is 1.